The van der Waals surface area contributed by atoms with Crippen molar-refractivity contribution in [1.82, 2.24) is 25.3 Å². The van der Waals surface area contributed by atoms with Crippen molar-refractivity contribution >= 4 is 74.5 Å². The van der Waals surface area contributed by atoms with Crippen molar-refractivity contribution in [3.63, 3.8) is 0 Å². The predicted octanol–water partition coefficient (Wildman–Crippen LogP) is 10.9. The minimum atomic E-state index is -0.873. The van der Waals surface area contributed by atoms with Crippen LogP contribution >= 0.6 is 0 Å². The molecule has 10 heteroatoms. The van der Waals surface area contributed by atoms with E-state index in [2.05, 4.69) is 48.4 Å². The molecule has 57 heavy (non-hydrogen) atoms. The molecule has 0 unspecified atom stereocenters. The van der Waals surface area contributed by atoms with Crippen LogP contribution in [-0.4, -0.2) is 55.1 Å². The molecule has 0 aromatic carbocycles. The third-order valence-electron chi connectivity index (χ3n) is 12.2. The largest absolute Gasteiger partial charge is 0.481 e. The van der Waals surface area contributed by atoms with Gasteiger partial charge in [-0.25, -0.2) is 15.0 Å². The van der Waals surface area contributed by atoms with Gasteiger partial charge in [-0.15, -0.1) is 0 Å². The van der Waals surface area contributed by atoms with Gasteiger partial charge >= 0.3 is 11.9 Å². The average Bonchev–Trinajstić information content (AvgIpc) is 3.86. The molecule has 0 saturated heterocycles. The molecule has 3 aromatic rings. The third kappa shape index (κ3) is 8.75. The number of hydrogen-bond donors (Lipinski definition) is 4. The summed E-state index contributed by atoms with van der Waals surface area (Å²) in [6, 6.07) is 8.92. The summed E-state index contributed by atoms with van der Waals surface area (Å²) in [6.45, 7) is 16.4. The number of aliphatic imine (C=N–C) groups is 1. The number of rotatable bonds is 10. The molecule has 4 N–H and O–H groups in total. The van der Waals surface area contributed by atoms with Crippen molar-refractivity contribution < 1.29 is 19.4 Å². The lowest BCUT2D eigenvalue weighted by Crippen LogP contribution is -2.39. The Morgan fingerprint density at radius 2 is 1.25 bits per heavy atom. The Balaban J connectivity index is 1.32. The molecule has 298 valence electrons. The summed E-state index contributed by atoms with van der Waals surface area (Å²) in [5.74, 6) is -1.21. The zero-order chi connectivity index (χ0) is 40.2. The fraction of sp³-hybridized carbons (Fsp3) is 0.426. The Morgan fingerprint density at radius 1 is 0.737 bits per heavy atom. The Bertz CT molecular complexity index is 2360. The quantitative estimate of drug-likeness (QED) is 0.0912. The van der Waals surface area contributed by atoms with Crippen LogP contribution in [0.3, 0.4) is 0 Å². The van der Waals surface area contributed by atoms with Crippen LogP contribution in [0, 0.1) is 13.8 Å². The number of H-pyrrole nitrogens is 2. The minimum absolute atomic E-state index is 0.0302. The molecule has 5 heterocycles. The topological polar surface area (TPSA) is 145 Å². The van der Waals surface area contributed by atoms with Crippen LogP contribution in [0.5, 0.6) is 0 Å². The van der Waals surface area contributed by atoms with Gasteiger partial charge < -0.3 is 25.1 Å². The molecular weight excluding hydrogens is 713 g/mol. The SMILES string of the molecule is C=Cc1c(C)c2cc3[nH]c(cc4nc(cc5nc(cc1[nH]2)C(C)=C5CCC(=O)OC(=NC1CCCCC1)NC1CCCCC1)C(CCC(=O)O)=C4C)c(C)c3C=C. The summed E-state index contributed by atoms with van der Waals surface area (Å²) in [5.41, 5.74) is 14.2. The van der Waals surface area contributed by atoms with Gasteiger partial charge in [-0.1, -0.05) is 63.8 Å². The maximum Gasteiger partial charge on any atom is 0.313 e. The van der Waals surface area contributed by atoms with Gasteiger partial charge in [0, 0.05) is 45.7 Å². The second-order valence-electron chi connectivity index (χ2n) is 16.0. The van der Waals surface area contributed by atoms with Crippen LogP contribution in [0.4, 0.5) is 0 Å². The molecule has 2 aliphatic heterocycles. The maximum absolute atomic E-state index is 13.7. The number of fused-ring (bicyclic) bond motifs is 8. The number of carboxylic acid groups (broad SMARTS) is 1. The monoisotopic (exact) mass is 768 g/mol. The lowest BCUT2D eigenvalue weighted by Gasteiger charge is -2.25. The number of nitrogens with one attached hydrogen (secondary N) is 3. The van der Waals surface area contributed by atoms with Crippen LogP contribution in [-0.2, 0) is 14.3 Å². The highest BCUT2D eigenvalue weighted by atomic mass is 16.6. The predicted molar refractivity (Wildman–Crippen MR) is 232 cm³/mol. The van der Waals surface area contributed by atoms with E-state index in [0.29, 0.717) is 30.3 Å². The van der Waals surface area contributed by atoms with E-state index in [0.717, 1.165) is 129 Å². The van der Waals surface area contributed by atoms with Gasteiger partial charge in [-0.2, -0.15) is 0 Å². The van der Waals surface area contributed by atoms with Gasteiger partial charge in [0.05, 0.1) is 35.2 Å². The first-order chi connectivity index (χ1) is 27.5. The minimum Gasteiger partial charge on any atom is -0.481 e. The lowest BCUT2D eigenvalue weighted by molar-refractivity contribution is -0.137. The van der Waals surface area contributed by atoms with E-state index < -0.39 is 5.97 Å². The molecule has 10 nitrogen and oxygen atoms in total. The number of aromatic amines is 2. The van der Waals surface area contributed by atoms with Gasteiger partial charge in [0.25, 0.3) is 6.02 Å². The second kappa shape index (κ2) is 17.3. The zero-order valence-corrected chi connectivity index (χ0v) is 33.9. The third-order valence-corrected chi connectivity index (χ3v) is 12.2. The highest BCUT2D eigenvalue weighted by Crippen LogP contribution is 2.38. The first-order valence-electron chi connectivity index (χ1n) is 20.7. The number of ether oxygens (including phenoxy) is 1. The van der Waals surface area contributed by atoms with Crippen LogP contribution in [0.2, 0.25) is 0 Å². The fourth-order valence-corrected chi connectivity index (χ4v) is 8.81. The molecule has 0 amide bonds. The normalized spacial score (nSPS) is 16.9. The molecule has 0 spiro atoms. The number of carbonyl (C=O) groups is 2. The van der Waals surface area contributed by atoms with Crippen LogP contribution in [0.1, 0.15) is 149 Å². The number of carboxylic acids is 1. The number of hydrogen-bond acceptors (Lipinski definition) is 6. The number of aliphatic carboxylic acids is 1. The number of aromatic nitrogens is 4. The zero-order valence-electron chi connectivity index (χ0n) is 33.9. The Morgan fingerprint density at radius 3 is 1.81 bits per heavy atom. The van der Waals surface area contributed by atoms with E-state index in [1.807, 2.05) is 44.2 Å². The summed E-state index contributed by atoms with van der Waals surface area (Å²) in [4.78, 5) is 48.0. The molecule has 2 saturated carbocycles. The Labute approximate surface area is 335 Å². The van der Waals surface area contributed by atoms with E-state index in [-0.39, 0.29) is 30.9 Å². The van der Waals surface area contributed by atoms with Gasteiger partial charge in [-0.3, -0.25) is 9.59 Å². The number of nitrogens with zero attached hydrogens (tertiary/aromatic N) is 3. The van der Waals surface area contributed by atoms with Crippen molar-refractivity contribution in [1.29, 1.82) is 0 Å². The smallest absolute Gasteiger partial charge is 0.313 e. The van der Waals surface area contributed by atoms with Crippen molar-refractivity contribution in [2.75, 3.05) is 0 Å². The van der Waals surface area contributed by atoms with E-state index in [1.54, 1.807) is 0 Å². The molecule has 3 aromatic heterocycles. The van der Waals surface area contributed by atoms with Crippen LogP contribution < -0.4 is 5.32 Å². The van der Waals surface area contributed by atoms with Crippen molar-refractivity contribution in [3.05, 3.63) is 82.5 Å². The van der Waals surface area contributed by atoms with Gasteiger partial charge in [-0.05, 0) is 124 Å². The molecular formula is C47H56N6O4. The molecule has 2 fully saturated rings. The van der Waals surface area contributed by atoms with E-state index in [1.165, 1.54) is 12.8 Å². The summed E-state index contributed by atoms with van der Waals surface area (Å²) < 4.78 is 6.06. The highest BCUT2D eigenvalue weighted by molar-refractivity contribution is 5.97. The maximum atomic E-state index is 13.7. The van der Waals surface area contributed by atoms with Crippen molar-refractivity contribution in [2.24, 2.45) is 4.99 Å². The molecule has 4 aliphatic rings. The van der Waals surface area contributed by atoms with Crippen molar-refractivity contribution in [2.45, 2.75) is 130 Å². The summed E-state index contributed by atoms with van der Waals surface area (Å²) in [5, 5.41) is 13.2. The van der Waals surface area contributed by atoms with Gasteiger partial charge in [0.2, 0.25) is 0 Å². The summed E-state index contributed by atoms with van der Waals surface area (Å²) >= 11 is 0. The molecule has 0 atom stereocenters. The van der Waals surface area contributed by atoms with Crippen molar-refractivity contribution in [3.8, 4) is 0 Å². The lowest BCUT2D eigenvalue weighted by atomic mass is 9.95. The van der Waals surface area contributed by atoms with Crippen LogP contribution in [0.25, 0.3) is 56.5 Å². The van der Waals surface area contributed by atoms with Gasteiger partial charge in [0.1, 0.15) is 0 Å². The van der Waals surface area contributed by atoms with Gasteiger partial charge in [0.15, 0.2) is 0 Å². The first-order valence-corrected chi connectivity index (χ1v) is 20.7. The first kappa shape index (κ1) is 39.7. The summed E-state index contributed by atoms with van der Waals surface area (Å²) in [7, 11) is 0. The molecule has 2 aliphatic carbocycles. The highest BCUT2D eigenvalue weighted by Gasteiger charge is 2.25. The number of allylic oxidation sites excluding steroid dienone is 4. The van der Waals surface area contributed by atoms with E-state index >= 15 is 0 Å². The standard InChI is InChI=1S/C47H56N6O4/c1-7-33-27(3)37-23-38-29(5)35(19-21-45(54)55)43(52-38)26-44-36(30(6)40(53-44)25-42-34(8-2)28(4)39(51-42)24-41(33)50-37)20-22-46(56)57-47(48-31-15-11-9-12-16-31)49-32-17-13-10-14-18-32/h7-8,23-26,31-32,50-51H,1-2,9-22H2,3-6H3,(H,48,49)(H,54,55). The van der Waals surface area contributed by atoms with E-state index in [9.17, 15) is 14.7 Å². The van der Waals surface area contributed by atoms with E-state index in [4.69, 9.17) is 19.7 Å². The number of aryl methyl sites for hydroxylation is 2. The average molecular weight is 769 g/mol. The second-order valence-corrected chi connectivity index (χ2v) is 16.0. The summed E-state index contributed by atoms with van der Waals surface area (Å²) in [6.07, 6.45) is 15.8. The fourth-order valence-electron chi connectivity index (χ4n) is 8.81. The molecule has 7 rings (SSSR count). The number of carbonyl (C=O) groups excluding carboxylic acids is 1. The molecule has 8 bridgehead atoms. The Hall–Kier alpha value is -5.51. The Kier molecular flexibility index (Phi) is 12.1. The molecule has 0 radical (unpaired) electrons. The number of amidine groups is 1. The van der Waals surface area contributed by atoms with Crippen LogP contribution in [0.15, 0.2) is 42.4 Å². The number of esters is 1.